The number of hydrogen-bond donors (Lipinski definition) is 3. The SMILES string of the molecule is CC(CCCC(C)(C)O)[C@H]1CC[C@H]2[C@@H]3[C@@H](O)C=C4C[C@@H](O)CC[C@]4(C)[C@H]3CC[C@]12C. The van der Waals surface area contributed by atoms with Gasteiger partial charge in [0, 0.05) is 0 Å². The summed E-state index contributed by atoms with van der Waals surface area (Å²) in [5.41, 5.74) is 1.31. The van der Waals surface area contributed by atoms with Crippen LogP contribution < -0.4 is 0 Å². The Hall–Kier alpha value is -0.380. The predicted octanol–water partition coefficient (Wildman–Crippen LogP) is 5.47. The Labute approximate surface area is 184 Å². The van der Waals surface area contributed by atoms with Crippen LogP contribution in [0.3, 0.4) is 0 Å². The van der Waals surface area contributed by atoms with Crippen molar-refractivity contribution in [3.05, 3.63) is 11.6 Å². The minimum Gasteiger partial charge on any atom is -0.393 e. The molecular weight excluding hydrogens is 372 g/mol. The number of rotatable bonds is 5. The van der Waals surface area contributed by atoms with Gasteiger partial charge in [-0.05, 0) is 106 Å². The molecule has 4 aliphatic carbocycles. The van der Waals surface area contributed by atoms with Crippen molar-refractivity contribution in [1.29, 1.82) is 0 Å². The van der Waals surface area contributed by atoms with Crippen LogP contribution in [0.5, 0.6) is 0 Å². The van der Waals surface area contributed by atoms with Gasteiger partial charge in [0.1, 0.15) is 0 Å². The molecule has 0 aliphatic heterocycles. The molecule has 30 heavy (non-hydrogen) atoms. The number of aliphatic hydroxyl groups is 3. The maximum atomic E-state index is 11.3. The monoisotopic (exact) mass is 418 g/mol. The molecule has 9 atom stereocenters. The molecule has 0 heterocycles. The lowest BCUT2D eigenvalue weighted by molar-refractivity contribution is -0.0971. The number of fused-ring (bicyclic) bond motifs is 5. The fourth-order valence-corrected chi connectivity index (χ4v) is 8.66. The van der Waals surface area contributed by atoms with E-state index in [0.29, 0.717) is 29.1 Å². The molecule has 4 rings (SSSR count). The standard InChI is InChI=1S/C27H46O3/c1-17(7-6-12-25(2,3)30)20-8-9-21-24-22(11-14-27(20,21)5)26(4)13-10-19(28)15-18(26)16-23(24)29/h16-17,19-24,28-30H,6-15H2,1-5H3/t17?,19-,20+,21-,22-,23-,24-,26-,27+/m0/s1. The molecule has 0 radical (unpaired) electrons. The molecule has 0 aromatic heterocycles. The van der Waals surface area contributed by atoms with Crippen LogP contribution in [-0.4, -0.2) is 33.1 Å². The van der Waals surface area contributed by atoms with E-state index in [1.54, 1.807) is 0 Å². The number of hydrogen-bond acceptors (Lipinski definition) is 3. The molecule has 3 nitrogen and oxygen atoms in total. The summed E-state index contributed by atoms with van der Waals surface area (Å²) in [6.07, 6.45) is 12.6. The van der Waals surface area contributed by atoms with Crippen LogP contribution in [0.2, 0.25) is 0 Å². The molecule has 3 fully saturated rings. The molecule has 3 heteroatoms. The van der Waals surface area contributed by atoms with Crippen molar-refractivity contribution in [1.82, 2.24) is 0 Å². The molecule has 3 saturated carbocycles. The van der Waals surface area contributed by atoms with E-state index in [1.165, 1.54) is 37.7 Å². The van der Waals surface area contributed by atoms with Crippen LogP contribution in [0.1, 0.15) is 98.8 Å². The van der Waals surface area contributed by atoms with Gasteiger partial charge in [-0.3, -0.25) is 0 Å². The fraction of sp³-hybridized carbons (Fsp3) is 0.926. The van der Waals surface area contributed by atoms with Crippen molar-refractivity contribution in [2.24, 2.45) is 40.4 Å². The van der Waals surface area contributed by atoms with Gasteiger partial charge >= 0.3 is 0 Å². The highest BCUT2D eigenvalue weighted by atomic mass is 16.3. The topological polar surface area (TPSA) is 60.7 Å². The van der Waals surface area contributed by atoms with Crippen LogP contribution >= 0.6 is 0 Å². The summed E-state index contributed by atoms with van der Waals surface area (Å²) in [5, 5.41) is 31.6. The molecule has 172 valence electrons. The van der Waals surface area contributed by atoms with E-state index < -0.39 is 5.60 Å². The first-order valence-electron chi connectivity index (χ1n) is 12.8. The maximum absolute atomic E-state index is 11.3. The predicted molar refractivity (Wildman–Crippen MR) is 122 cm³/mol. The summed E-state index contributed by atoms with van der Waals surface area (Å²) in [6, 6.07) is 0. The van der Waals surface area contributed by atoms with Gasteiger partial charge in [-0.1, -0.05) is 45.3 Å². The normalized spacial score (nSPS) is 47.1. The van der Waals surface area contributed by atoms with Crippen LogP contribution in [0.25, 0.3) is 0 Å². The van der Waals surface area contributed by atoms with Crippen molar-refractivity contribution in [2.75, 3.05) is 0 Å². The highest BCUT2D eigenvalue weighted by Crippen LogP contribution is 2.67. The van der Waals surface area contributed by atoms with E-state index in [2.05, 4.69) is 26.8 Å². The van der Waals surface area contributed by atoms with Gasteiger partial charge in [-0.2, -0.15) is 0 Å². The van der Waals surface area contributed by atoms with Crippen molar-refractivity contribution in [3.8, 4) is 0 Å². The van der Waals surface area contributed by atoms with Crippen LogP contribution in [0.4, 0.5) is 0 Å². The van der Waals surface area contributed by atoms with Gasteiger partial charge < -0.3 is 15.3 Å². The zero-order valence-corrected chi connectivity index (χ0v) is 20.0. The summed E-state index contributed by atoms with van der Waals surface area (Å²) in [6.45, 7) is 11.2. The average Bonchev–Trinajstić information content (AvgIpc) is 2.99. The first-order chi connectivity index (χ1) is 14.0. The second kappa shape index (κ2) is 7.89. The minimum atomic E-state index is -0.556. The van der Waals surface area contributed by atoms with E-state index >= 15 is 0 Å². The average molecular weight is 419 g/mol. The molecule has 0 spiro atoms. The van der Waals surface area contributed by atoms with E-state index in [4.69, 9.17) is 0 Å². The lowest BCUT2D eigenvalue weighted by Crippen LogP contribution is -2.54. The third-order valence-corrected chi connectivity index (χ3v) is 10.3. The molecule has 0 aromatic carbocycles. The lowest BCUT2D eigenvalue weighted by Gasteiger charge is -2.59. The summed E-state index contributed by atoms with van der Waals surface area (Å²) in [7, 11) is 0. The Morgan fingerprint density at radius 3 is 2.50 bits per heavy atom. The maximum Gasteiger partial charge on any atom is 0.0757 e. The first-order valence-corrected chi connectivity index (χ1v) is 12.8. The Morgan fingerprint density at radius 2 is 1.80 bits per heavy atom. The molecule has 0 amide bonds. The highest BCUT2D eigenvalue weighted by molar-refractivity contribution is 5.27. The molecular formula is C27H46O3. The lowest BCUT2D eigenvalue weighted by atomic mass is 9.46. The molecule has 4 aliphatic rings. The van der Waals surface area contributed by atoms with E-state index in [-0.39, 0.29) is 17.6 Å². The highest BCUT2D eigenvalue weighted by Gasteiger charge is 2.61. The minimum absolute atomic E-state index is 0.181. The summed E-state index contributed by atoms with van der Waals surface area (Å²) >= 11 is 0. The van der Waals surface area contributed by atoms with Gasteiger partial charge in [0.05, 0.1) is 17.8 Å². The Balaban J connectivity index is 1.52. The van der Waals surface area contributed by atoms with Crippen LogP contribution in [0.15, 0.2) is 11.6 Å². The quantitative estimate of drug-likeness (QED) is 0.519. The summed E-state index contributed by atoms with van der Waals surface area (Å²) in [5.74, 6) is 3.01. The summed E-state index contributed by atoms with van der Waals surface area (Å²) in [4.78, 5) is 0. The second-order valence-electron chi connectivity index (χ2n) is 12.7. The molecule has 1 unspecified atom stereocenters. The van der Waals surface area contributed by atoms with E-state index in [9.17, 15) is 15.3 Å². The van der Waals surface area contributed by atoms with E-state index in [0.717, 1.165) is 38.0 Å². The molecule has 0 aromatic rings. The molecule has 3 N–H and O–H groups in total. The number of aliphatic hydroxyl groups excluding tert-OH is 2. The largest absolute Gasteiger partial charge is 0.393 e. The molecule has 0 saturated heterocycles. The van der Waals surface area contributed by atoms with Crippen LogP contribution in [0, 0.1) is 40.4 Å². The summed E-state index contributed by atoms with van der Waals surface area (Å²) < 4.78 is 0. The first kappa shape index (κ1) is 22.8. The van der Waals surface area contributed by atoms with Gasteiger partial charge in [-0.25, -0.2) is 0 Å². The third-order valence-electron chi connectivity index (χ3n) is 10.3. The van der Waals surface area contributed by atoms with Gasteiger partial charge in [0.15, 0.2) is 0 Å². The van der Waals surface area contributed by atoms with E-state index in [1.807, 2.05) is 13.8 Å². The van der Waals surface area contributed by atoms with Gasteiger partial charge in [0.2, 0.25) is 0 Å². The Bertz CT molecular complexity index is 664. The Kier molecular flexibility index (Phi) is 5.99. The Morgan fingerprint density at radius 1 is 1.07 bits per heavy atom. The zero-order valence-electron chi connectivity index (χ0n) is 20.0. The van der Waals surface area contributed by atoms with Crippen molar-refractivity contribution < 1.29 is 15.3 Å². The van der Waals surface area contributed by atoms with Crippen molar-refractivity contribution >= 4 is 0 Å². The smallest absolute Gasteiger partial charge is 0.0757 e. The van der Waals surface area contributed by atoms with Crippen molar-refractivity contribution in [3.63, 3.8) is 0 Å². The van der Waals surface area contributed by atoms with Gasteiger partial charge in [-0.15, -0.1) is 0 Å². The molecule has 0 bridgehead atoms. The third kappa shape index (κ3) is 3.82. The second-order valence-corrected chi connectivity index (χ2v) is 12.7. The van der Waals surface area contributed by atoms with Crippen LogP contribution in [-0.2, 0) is 0 Å². The fourth-order valence-electron chi connectivity index (χ4n) is 8.66. The van der Waals surface area contributed by atoms with Gasteiger partial charge in [0.25, 0.3) is 0 Å². The van der Waals surface area contributed by atoms with Crippen molar-refractivity contribution in [2.45, 2.75) is 117 Å². The zero-order chi connectivity index (χ0) is 21.9.